The number of amides is 1. The van der Waals surface area contributed by atoms with Gasteiger partial charge in [0, 0.05) is 36.9 Å². The first-order valence-corrected chi connectivity index (χ1v) is 10.3. The van der Waals surface area contributed by atoms with E-state index < -0.39 is 6.10 Å². The van der Waals surface area contributed by atoms with Gasteiger partial charge in [0.15, 0.2) is 5.69 Å². The Labute approximate surface area is 180 Å². The molecule has 1 fully saturated rings. The zero-order chi connectivity index (χ0) is 21.1. The monoisotopic (exact) mass is 425 g/mol. The van der Waals surface area contributed by atoms with Crippen LogP contribution in [0.15, 0.2) is 54.7 Å². The second-order valence-electron chi connectivity index (χ2n) is 7.46. The number of halogens is 1. The fourth-order valence-electron chi connectivity index (χ4n) is 3.68. The minimum atomic E-state index is -0.708. The number of carbonyl (C=O) groups excluding carboxylic acids is 1. The van der Waals surface area contributed by atoms with Gasteiger partial charge in [0.25, 0.3) is 5.91 Å². The van der Waals surface area contributed by atoms with Gasteiger partial charge in [0.1, 0.15) is 0 Å². The maximum Gasteiger partial charge on any atom is 0.276 e. The first-order chi connectivity index (χ1) is 14.5. The fraction of sp³-hybridized carbons (Fsp3) is 0.318. The topological polar surface area (TPSA) is 74.5 Å². The molecule has 30 heavy (non-hydrogen) atoms. The van der Waals surface area contributed by atoms with Gasteiger partial charge in [-0.2, -0.15) is 0 Å². The van der Waals surface area contributed by atoms with Crippen molar-refractivity contribution in [3.05, 3.63) is 76.6 Å². The summed E-state index contributed by atoms with van der Waals surface area (Å²) in [5, 5.41) is 19.1. The van der Waals surface area contributed by atoms with Crippen LogP contribution in [0, 0.1) is 6.92 Å². The van der Waals surface area contributed by atoms with Gasteiger partial charge in [-0.1, -0.05) is 53.2 Å². The Bertz CT molecular complexity index is 1020. The van der Waals surface area contributed by atoms with Gasteiger partial charge in [0.2, 0.25) is 0 Å². The van der Waals surface area contributed by atoms with Crippen molar-refractivity contribution in [3.63, 3.8) is 0 Å². The molecule has 1 aliphatic rings. The van der Waals surface area contributed by atoms with Crippen LogP contribution in [0.1, 0.15) is 27.7 Å². The van der Waals surface area contributed by atoms with Crippen LogP contribution in [-0.4, -0.2) is 57.1 Å². The summed E-state index contributed by atoms with van der Waals surface area (Å²) in [6, 6.07) is 15.2. The highest BCUT2D eigenvalue weighted by atomic mass is 35.5. The summed E-state index contributed by atoms with van der Waals surface area (Å²) in [7, 11) is 0. The van der Waals surface area contributed by atoms with Crippen LogP contribution in [0.25, 0.3) is 0 Å². The molecule has 7 nitrogen and oxygen atoms in total. The SMILES string of the molecule is Cc1ccc(Cl)cc1N1CCN(C(=O)c2cn(CC(O)c3ccccc3)nn2)CC1. The summed E-state index contributed by atoms with van der Waals surface area (Å²) in [5.74, 6) is -0.141. The Kier molecular flexibility index (Phi) is 6.01. The first-order valence-electron chi connectivity index (χ1n) is 9.95. The van der Waals surface area contributed by atoms with Crippen molar-refractivity contribution < 1.29 is 9.90 Å². The highest BCUT2D eigenvalue weighted by Gasteiger charge is 2.25. The van der Waals surface area contributed by atoms with Gasteiger partial charge < -0.3 is 14.9 Å². The van der Waals surface area contributed by atoms with E-state index in [4.69, 9.17) is 11.6 Å². The van der Waals surface area contributed by atoms with Crippen molar-refractivity contribution in [2.45, 2.75) is 19.6 Å². The zero-order valence-corrected chi connectivity index (χ0v) is 17.5. The van der Waals surface area contributed by atoms with Crippen LogP contribution in [0.2, 0.25) is 5.02 Å². The van der Waals surface area contributed by atoms with Gasteiger partial charge in [0.05, 0.1) is 18.8 Å². The molecule has 0 spiro atoms. The molecule has 1 aromatic heterocycles. The molecular weight excluding hydrogens is 402 g/mol. The number of benzene rings is 2. The number of aliphatic hydroxyl groups excluding tert-OH is 1. The van der Waals surface area contributed by atoms with E-state index >= 15 is 0 Å². The molecule has 4 rings (SSSR count). The third-order valence-electron chi connectivity index (χ3n) is 5.38. The van der Waals surface area contributed by atoms with Gasteiger partial charge in [-0.3, -0.25) is 4.79 Å². The van der Waals surface area contributed by atoms with Gasteiger partial charge in [-0.15, -0.1) is 5.10 Å². The molecule has 1 unspecified atom stereocenters. The predicted molar refractivity (Wildman–Crippen MR) is 116 cm³/mol. The summed E-state index contributed by atoms with van der Waals surface area (Å²) in [4.78, 5) is 16.9. The molecular formula is C22H24ClN5O2. The Morgan fingerprint density at radius 1 is 1.13 bits per heavy atom. The van der Waals surface area contributed by atoms with Crippen LogP contribution >= 0.6 is 11.6 Å². The molecule has 0 radical (unpaired) electrons. The standard InChI is InChI=1S/C22H24ClN5O2/c1-16-7-8-18(23)13-20(16)26-9-11-27(12-10-26)22(30)19-14-28(25-24-19)15-21(29)17-5-3-2-4-6-17/h2-8,13-14,21,29H,9-12,15H2,1H3. The second-order valence-corrected chi connectivity index (χ2v) is 7.90. The minimum absolute atomic E-state index is 0.141. The summed E-state index contributed by atoms with van der Waals surface area (Å²) in [5.41, 5.74) is 3.37. The van der Waals surface area contributed by atoms with Crippen molar-refractivity contribution in [1.29, 1.82) is 0 Å². The molecule has 1 amide bonds. The predicted octanol–water partition coefficient (Wildman–Crippen LogP) is 2.94. The number of hydrogen-bond acceptors (Lipinski definition) is 5. The molecule has 0 aliphatic carbocycles. The van der Waals surface area contributed by atoms with Crippen molar-refractivity contribution >= 4 is 23.2 Å². The summed E-state index contributed by atoms with van der Waals surface area (Å²) >= 11 is 6.15. The maximum absolute atomic E-state index is 12.8. The molecule has 1 aliphatic heterocycles. The second kappa shape index (κ2) is 8.85. The third-order valence-corrected chi connectivity index (χ3v) is 5.62. The largest absolute Gasteiger partial charge is 0.386 e. The minimum Gasteiger partial charge on any atom is -0.386 e. The lowest BCUT2D eigenvalue weighted by Crippen LogP contribution is -2.49. The van der Waals surface area contributed by atoms with Crippen molar-refractivity contribution in [2.75, 3.05) is 31.1 Å². The molecule has 0 saturated carbocycles. The fourth-order valence-corrected chi connectivity index (χ4v) is 3.85. The highest BCUT2D eigenvalue weighted by molar-refractivity contribution is 6.30. The molecule has 1 saturated heterocycles. The average molecular weight is 426 g/mol. The Hall–Kier alpha value is -2.90. The number of nitrogens with zero attached hydrogens (tertiary/aromatic N) is 5. The first kappa shape index (κ1) is 20.4. The lowest BCUT2D eigenvalue weighted by molar-refractivity contribution is 0.0740. The quantitative estimate of drug-likeness (QED) is 0.680. The average Bonchev–Trinajstić information content (AvgIpc) is 3.24. The number of piperazine rings is 1. The maximum atomic E-state index is 12.8. The number of rotatable bonds is 5. The van der Waals surface area contributed by atoms with Crippen molar-refractivity contribution in [3.8, 4) is 0 Å². The van der Waals surface area contributed by atoms with Crippen molar-refractivity contribution in [2.24, 2.45) is 0 Å². The van der Waals surface area contributed by atoms with Gasteiger partial charge in [-0.25, -0.2) is 4.68 Å². The summed E-state index contributed by atoms with van der Waals surface area (Å²) in [6.07, 6.45) is 0.891. The van der Waals surface area contributed by atoms with E-state index in [0.717, 1.165) is 24.3 Å². The van der Waals surface area contributed by atoms with Crippen LogP contribution in [0.3, 0.4) is 0 Å². The Morgan fingerprint density at radius 2 is 1.87 bits per heavy atom. The van der Waals surface area contributed by atoms with E-state index in [0.29, 0.717) is 23.8 Å². The summed E-state index contributed by atoms with van der Waals surface area (Å²) in [6.45, 7) is 4.97. The van der Waals surface area contributed by atoms with Crippen LogP contribution in [0.4, 0.5) is 5.69 Å². The molecule has 3 aromatic rings. The van der Waals surface area contributed by atoms with E-state index in [9.17, 15) is 9.90 Å². The molecule has 8 heteroatoms. The smallest absolute Gasteiger partial charge is 0.276 e. The zero-order valence-electron chi connectivity index (χ0n) is 16.8. The highest BCUT2D eigenvalue weighted by Crippen LogP contribution is 2.25. The van der Waals surface area contributed by atoms with Crippen LogP contribution < -0.4 is 4.90 Å². The molecule has 156 valence electrons. The van der Waals surface area contributed by atoms with Crippen molar-refractivity contribution in [1.82, 2.24) is 19.9 Å². The lowest BCUT2D eigenvalue weighted by atomic mass is 10.1. The van der Waals surface area contributed by atoms with Crippen LogP contribution in [0.5, 0.6) is 0 Å². The number of aromatic nitrogens is 3. The number of carbonyl (C=O) groups is 1. The Balaban J connectivity index is 1.36. The normalized spacial score (nSPS) is 15.3. The number of hydrogen-bond donors (Lipinski definition) is 1. The molecule has 1 N–H and O–H groups in total. The van der Waals surface area contributed by atoms with E-state index in [1.54, 1.807) is 11.1 Å². The van der Waals surface area contributed by atoms with Gasteiger partial charge in [-0.05, 0) is 30.2 Å². The van der Waals surface area contributed by atoms with Gasteiger partial charge >= 0.3 is 0 Å². The number of aryl methyl sites for hydroxylation is 1. The Morgan fingerprint density at radius 3 is 2.60 bits per heavy atom. The molecule has 2 aromatic carbocycles. The number of aliphatic hydroxyl groups is 1. The van der Waals surface area contributed by atoms with E-state index in [-0.39, 0.29) is 12.5 Å². The third kappa shape index (κ3) is 4.47. The number of anilines is 1. The van der Waals surface area contributed by atoms with Crippen LogP contribution in [-0.2, 0) is 6.54 Å². The van der Waals surface area contributed by atoms with E-state index in [1.807, 2.05) is 48.5 Å². The van der Waals surface area contributed by atoms with E-state index in [1.165, 1.54) is 10.2 Å². The molecule has 1 atom stereocenters. The lowest BCUT2D eigenvalue weighted by Gasteiger charge is -2.36. The molecule has 0 bridgehead atoms. The molecule has 2 heterocycles. The summed E-state index contributed by atoms with van der Waals surface area (Å²) < 4.78 is 1.51. The van der Waals surface area contributed by atoms with E-state index in [2.05, 4.69) is 22.1 Å².